The minimum absolute atomic E-state index is 0.0222. The van der Waals surface area contributed by atoms with Gasteiger partial charge in [0.15, 0.2) is 0 Å². The molecule has 3 aliphatic heterocycles. The Labute approximate surface area is 209 Å². The Bertz CT molecular complexity index is 1040. The number of nitriles is 1. The van der Waals surface area contributed by atoms with Crippen LogP contribution < -0.4 is 0 Å². The molecule has 1 aromatic rings. The second-order valence-electron chi connectivity index (χ2n) is 8.26. The van der Waals surface area contributed by atoms with Gasteiger partial charge in [-0.15, -0.1) is 0 Å². The highest BCUT2D eigenvalue weighted by Gasteiger charge is 2.42. The summed E-state index contributed by atoms with van der Waals surface area (Å²) in [7, 11) is 2.44. The van der Waals surface area contributed by atoms with Gasteiger partial charge in [-0.25, -0.2) is 14.7 Å². The Morgan fingerprint density at radius 2 is 1.44 bits per heavy atom. The third-order valence-corrected chi connectivity index (χ3v) is 6.26. The summed E-state index contributed by atoms with van der Waals surface area (Å²) in [5, 5.41) is 16.0. The molecule has 2 fully saturated rings. The van der Waals surface area contributed by atoms with Gasteiger partial charge in [0.05, 0.1) is 63.8 Å². The topological polar surface area (TPSA) is 114 Å². The van der Waals surface area contributed by atoms with E-state index in [0.29, 0.717) is 52.6 Å². The molecule has 2 saturated heterocycles. The van der Waals surface area contributed by atoms with E-state index >= 15 is 0 Å². The zero-order valence-corrected chi connectivity index (χ0v) is 20.5. The Hall–Kier alpha value is -3.43. The molecule has 3 aliphatic rings. The maximum atomic E-state index is 13.3. The first-order valence-electron chi connectivity index (χ1n) is 11.8. The average Bonchev–Trinajstić information content (AvgIpc) is 3.11. The molecule has 0 N–H and O–H groups in total. The second-order valence-corrected chi connectivity index (χ2v) is 8.26. The van der Waals surface area contributed by atoms with E-state index in [9.17, 15) is 14.9 Å². The van der Waals surface area contributed by atoms with Crippen LogP contribution in [0.4, 0.5) is 0 Å². The molecule has 1 unspecified atom stereocenters. The SMILES string of the molecule is COC(=O)C1=C(C#N)C(c2ccccc2)COC(N(N2CCOCC2)N2CCOCC2)=C1C(=O)OC. The number of carbonyl (C=O) groups excluding carboxylic acids is 2. The van der Waals surface area contributed by atoms with Crippen LogP contribution in [0.2, 0.25) is 0 Å². The van der Waals surface area contributed by atoms with Gasteiger partial charge in [-0.2, -0.15) is 15.3 Å². The lowest BCUT2D eigenvalue weighted by Crippen LogP contribution is -2.59. The molecule has 1 aromatic carbocycles. The van der Waals surface area contributed by atoms with Crippen LogP contribution in [-0.4, -0.2) is 101 Å². The lowest BCUT2D eigenvalue weighted by molar-refractivity contribution is -0.229. The van der Waals surface area contributed by atoms with E-state index in [1.165, 1.54) is 14.2 Å². The Balaban J connectivity index is 1.94. The minimum Gasteiger partial charge on any atom is -0.476 e. The fourth-order valence-corrected chi connectivity index (χ4v) is 4.50. The Morgan fingerprint density at radius 3 is 1.94 bits per heavy atom. The number of morpholine rings is 2. The standard InChI is InChI=1S/C25H30N4O7/c1-32-24(30)21-19(16-26)20(18-6-4-3-5-7-18)17-36-23(22(21)25(31)33-2)29(27-8-12-34-13-9-27)28-10-14-35-15-11-28/h3-7,20H,8-15,17H2,1-2H3. The highest BCUT2D eigenvalue weighted by molar-refractivity contribution is 6.08. The van der Waals surface area contributed by atoms with Crippen LogP contribution in [0.15, 0.2) is 52.9 Å². The van der Waals surface area contributed by atoms with Crippen molar-refractivity contribution >= 4 is 11.9 Å². The van der Waals surface area contributed by atoms with Crippen molar-refractivity contribution in [3.8, 4) is 6.07 Å². The van der Waals surface area contributed by atoms with E-state index in [0.717, 1.165) is 5.56 Å². The fourth-order valence-electron chi connectivity index (χ4n) is 4.50. The van der Waals surface area contributed by atoms with Gasteiger partial charge in [-0.1, -0.05) is 30.3 Å². The Kier molecular flexibility index (Phi) is 8.56. The average molecular weight is 499 g/mol. The third-order valence-electron chi connectivity index (χ3n) is 6.26. The number of carbonyl (C=O) groups is 2. The number of rotatable bonds is 6. The van der Waals surface area contributed by atoms with E-state index in [1.807, 2.05) is 40.3 Å². The van der Waals surface area contributed by atoms with Crippen LogP contribution in [0.5, 0.6) is 0 Å². The van der Waals surface area contributed by atoms with Crippen molar-refractivity contribution in [2.24, 2.45) is 0 Å². The molecule has 0 aromatic heterocycles. The number of hydrazine groups is 2. The summed E-state index contributed by atoms with van der Waals surface area (Å²) in [6.45, 7) is 4.08. The van der Waals surface area contributed by atoms with Crippen molar-refractivity contribution in [1.82, 2.24) is 15.1 Å². The molecule has 192 valence electrons. The van der Waals surface area contributed by atoms with Crippen LogP contribution in [0.3, 0.4) is 0 Å². The van der Waals surface area contributed by atoms with Crippen molar-refractivity contribution < 1.29 is 33.3 Å². The second kappa shape index (κ2) is 12.0. The zero-order valence-electron chi connectivity index (χ0n) is 20.5. The molecule has 3 heterocycles. The predicted octanol–water partition coefficient (Wildman–Crippen LogP) is 0.975. The number of hydrogen-bond acceptors (Lipinski definition) is 11. The molecule has 0 aliphatic carbocycles. The molecular formula is C25H30N4O7. The van der Waals surface area contributed by atoms with Crippen molar-refractivity contribution in [3.63, 3.8) is 0 Å². The number of esters is 2. The highest BCUT2D eigenvalue weighted by Crippen LogP contribution is 2.37. The summed E-state index contributed by atoms with van der Waals surface area (Å²) in [5.74, 6) is -2.13. The molecule has 0 radical (unpaired) electrons. The van der Waals surface area contributed by atoms with E-state index < -0.39 is 17.9 Å². The first-order valence-corrected chi connectivity index (χ1v) is 11.8. The third kappa shape index (κ3) is 5.22. The maximum absolute atomic E-state index is 13.3. The van der Waals surface area contributed by atoms with Gasteiger partial charge >= 0.3 is 11.9 Å². The maximum Gasteiger partial charge on any atom is 0.344 e. The first kappa shape index (κ1) is 25.7. The molecule has 0 bridgehead atoms. The molecular weight excluding hydrogens is 468 g/mol. The molecule has 4 rings (SSSR count). The predicted molar refractivity (Wildman–Crippen MR) is 125 cm³/mol. The minimum atomic E-state index is -0.820. The molecule has 36 heavy (non-hydrogen) atoms. The largest absolute Gasteiger partial charge is 0.476 e. The van der Waals surface area contributed by atoms with Crippen molar-refractivity contribution in [1.29, 1.82) is 5.26 Å². The summed E-state index contributed by atoms with van der Waals surface area (Å²) in [6.07, 6.45) is 0. The lowest BCUT2D eigenvalue weighted by atomic mass is 9.87. The summed E-state index contributed by atoms with van der Waals surface area (Å²) >= 11 is 0. The molecule has 0 amide bonds. The summed E-state index contributed by atoms with van der Waals surface area (Å²) < 4.78 is 27.7. The van der Waals surface area contributed by atoms with Crippen LogP contribution in [0.1, 0.15) is 11.5 Å². The van der Waals surface area contributed by atoms with Gasteiger partial charge in [0, 0.05) is 26.2 Å². The molecule has 11 nitrogen and oxygen atoms in total. The molecule has 1 atom stereocenters. The highest BCUT2D eigenvalue weighted by atomic mass is 16.5. The van der Waals surface area contributed by atoms with Gasteiger partial charge < -0.3 is 23.7 Å². The van der Waals surface area contributed by atoms with E-state index in [2.05, 4.69) is 6.07 Å². The summed E-state index contributed by atoms with van der Waals surface area (Å²) in [4.78, 5) is 26.5. The van der Waals surface area contributed by atoms with Crippen LogP contribution in [-0.2, 0) is 33.3 Å². The number of benzene rings is 1. The Morgan fingerprint density at radius 1 is 0.917 bits per heavy atom. The smallest absolute Gasteiger partial charge is 0.344 e. The molecule has 0 spiro atoms. The van der Waals surface area contributed by atoms with Gasteiger partial charge in [-0.3, -0.25) is 0 Å². The van der Waals surface area contributed by atoms with E-state index in [-0.39, 0.29) is 29.2 Å². The van der Waals surface area contributed by atoms with Gasteiger partial charge in [0.2, 0.25) is 5.88 Å². The number of hydrogen-bond donors (Lipinski definition) is 0. The van der Waals surface area contributed by atoms with Crippen molar-refractivity contribution in [2.45, 2.75) is 5.92 Å². The molecule has 0 saturated carbocycles. The van der Waals surface area contributed by atoms with E-state index in [4.69, 9.17) is 23.7 Å². The number of methoxy groups -OCH3 is 2. The summed E-state index contributed by atoms with van der Waals surface area (Å²) in [5.41, 5.74) is 0.523. The molecule has 11 heteroatoms. The zero-order chi connectivity index (χ0) is 25.5. The van der Waals surface area contributed by atoms with Gasteiger partial charge in [0.1, 0.15) is 12.2 Å². The van der Waals surface area contributed by atoms with Crippen LogP contribution in [0, 0.1) is 11.3 Å². The number of ether oxygens (including phenoxy) is 5. The summed E-state index contributed by atoms with van der Waals surface area (Å²) in [6, 6.07) is 11.4. The normalized spacial score (nSPS) is 21.8. The van der Waals surface area contributed by atoms with E-state index in [1.54, 1.807) is 5.12 Å². The van der Waals surface area contributed by atoms with Crippen molar-refractivity contribution in [3.05, 3.63) is 58.5 Å². The van der Waals surface area contributed by atoms with Gasteiger partial charge in [-0.05, 0) is 5.56 Å². The van der Waals surface area contributed by atoms with Crippen molar-refractivity contribution in [2.75, 3.05) is 73.4 Å². The fraction of sp³-hybridized carbons (Fsp3) is 0.480. The van der Waals surface area contributed by atoms with Crippen LogP contribution >= 0.6 is 0 Å². The first-order chi connectivity index (χ1) is 17.6. The lowest BCUT2D eigenvalue weighted by Gasteiger charge is -2.46. The van der Waals surface area contributed by atoms with Gasteiger partial charge in [0.25, 0.3) is 0 Å². The number of nitrogens with zero attached hydrogens (tertiary/aromatic N) is 4. The monoisotopic (exact) mass is 498 g/mol. The quantitative estimate of drug-likeness (QED) is 0.523. The van der Waals surface area contributed by atoms with Crippen LogP contribution in [0.25, 0.3) is 0 Å².